The summed E-state index contributed by atoms with van der Waals surface area (Å²) in [5.74, 6) is 1.99. The maximum atomic E-state index is 9.02. The van der Waals surface area contributed by atoms with Crippen molar-refractivity contribution in [3.05, 3.63) is 71.5 Å². The van der Waals surface area contributed by atoms with Gasteiger partial charge in [-0.3, -0.25) is 4.57 Å². The molecule has 2 aromatic carbocycles. The van der Waals surface area contributed by atoms with E-state index in [2.05, 4.69) is 46.8 Å². The summed E-state index contributed by atoms with van der Waals surface area (Å²) in [5, 5.41) is 18.6. The van der Waals surface area contributed by atoms with Crippen molar-refractivity contribution in [2.45, 2.75) is 30.7 Å². The van der Waals surface area contributed by atoms with Crippen molar-refractivity contribution in [3.63, 3.8) is 0 Å². The largest absolute Gasteiger partial charge is 0.274 e. The van der Waals surface area contributed by atoms with Crippen molar-refractivity contribution in [1.29, 1.82) is 5.26 Å². The second-order valence-corrected chi connectivity index (χ2v) is 6.71. The van der Waals surface area contributed by atoms with Gasteiger partial charge in [-0.1, -0.05) is 55.9 Å². The van der Waals surface area contributed by atoms with Crippen molar-refractivity contribution >= 4 is 11.8 Å². The van der Waals surface area contributed by atoms with E-state index in [4.69, 9.17) is 5.26 Å². The van der Waals surface area contributed by atoms with Gasteiger partial charge in [-0.15, -0.1) is 10.2 Å². The first-order valence-corrected chi connectivity index (χ1v) is 8.80. The molecule has 0 fully saturated rings. The molecule has 0 amide bonds. The number of nitriles is 1. The molecular weight excluding hydrogens is 316 g/mol. The fourth-order valence-electron chi connectivity index (χ4n) is 2.45. The van der Waals surface area contributed by atoms with Gasteiger partial charge in [-0.25, -0.2) is 0 Å². The number of hydrogen-bond donors (Lipinski definition) is 0. The van der Waals surface area contributed by atoms with Crippen LogP contribution in [0.25, 0.3) is 5.69 Å². The number of para-hydroxylation sites is 1. The zero-order valence-electron chi connectivity index (χ0n) is 13.7. The third kappa shape index (κ3) is 3.50. The molecule has 120 valence electrons. The first-order chi connectivity index (χ1) is 11.7. The number of benzene rings is 2. The molecule has 0 aliphatic heterocycles. The highest BCUT2D eigenvalue weighted by Gasteiger charge is 2.16. The summed E-state index contributed by atoms with van der Waals surface area (Å²) in [6.45, 7) is 4.24. The summed E-state index contributed by atoms with van der Waals surface area (Å²) in [6, 6.07) is 20.0. The van der Waals surface area contributed by atoms with Crippen LogP contribution in [0.1, 0.15) is 36.7 Å². The number of aromatic nitrogens is 3. The summed E-state index contributed by atoms with van der Waals surface area (Å²) in [4.78, 5) is 0. The van der Waals surface area contributed by atoms with Crippen molar-refractivity contribution in [2.75, 3.05) is 0 Å². The van der Waals surface area contributed by atoms with Crippen LogP contribution in [0.2, 0.25) is 0 Å². The Bertz CT molecular complexity index is 863. The molecule has 1 heterocycles. The fraction of sp³-hybridized carbons (Fsp3) is 0.211. The maximum absolute atomic E-state index is 9.02. The number of rotatable bonds is 5. The lowest BCUT2D eigenvalue weighted by atomic mass is 10.2. The third-order valence-corrected chi connectivity index (χ3v) is 4.61. The predicted molar refractivity (Wildman–Crippen MR) is 96.2 cm³/mol. The van der Waals surface area contributed by atoms with E-state index in [0.29, 0.717) is 5.56 Å². The summed E-state index contributed by atoms with van der Waals surface area (Å²) < 4.78 is 2.11. The van der Waals surface area contributed by atoms with Crippen molar-refractivity contribution in [1.82, 2.24) is 14.8 Å². The van der Waals surface area contributed by atoms with E-state index in [0.717, 1.165) is 28.0 Å². The van der Waals surface area contributed by atoms with E-state index in [1.54, 1.807) is 11.8 Å². The van der Waals surface area contributed by atoms with Gasteiger partial charge in [0.25, 0.3) is 0 Å². The minimum Gasteiger partial charge on any atom is -0.274 e. The van der Waals surface area contributed by atoms with Gasteiger partial charge in [0.05, 0.1) is 11.6 Å². The molecule has 0 saturated carbocycles. The highest BCUT2D eigenvalue weighted by atomic mass is 32.2. The van der Waals surface area contributed by atoms with Gasteiger partial charge in [0.1, 0.15) is 5.82 Å². The van der Waals surface area contributed by atoms with E-state index in [9.17, 15) is 0 Å². The zero-order chi connectivity index (χ0) is 16.9. The normalized spacial score (nSPS) is 10.8. The van der Waals surface area contributed by atoms with Gasteiger partial charge in [-0.2, -0.15) is 5.26 Å². The molecule has 4 nitrogen and oxygen atoms in total. The van der Waals surface area contributed by atoms with Crippen LogP contribution in [0.15, 0.2) is 59.8 Å². The average molecular weight is 334 g/mol. The summed E-state index contributed by atoms with van der Waals surface area (Å²) in [5.41, 5.74) is 2.85. The van der Waals surface area contributed by atoms with Crippen molar-refractivity contribution < 1.29 is 0 Å². The molecule has 3 aromatic rings. The predicted octanol–water partition coefficient (Wildman–Crippen LogP) is 4.55. The van der Waals surface area contributed by atoms with Crippen LogP contribution in [-0.2, 0) is 5.75 Å². The lowest BCUT2D eigenvalue weighted by Crippen LogP contribution is -2.04. The van der Waals surface area contributed by atoms with Gasteiger partial charge >= 0.3 is 0 Å². The van der Waals surface area contributed by atoms with E-state index >= 15 is 0 Å². The van der Waals surface area contributed by atoms with Crippen LogP contribution in [0.3, 0.4) is 0 Å². The van der Waals surface area contributed by atoms with Gasteiger partial charge in [0, 0.05) is 17.4 Å². The third-order valence-electron chi connectivity index (χ3n) is 3.61. The molecule has 0 atom stereocenters. The van der Waals surface area contributed by atoms with Crippen LogP contribution < -0.4 is 0 Å². The van der Waals surface area contributed by atoms with Gasteiger partial charge in [-0.05, 0) is 29.8 Å². The molecule has 0 spiro atoms. The molecule has 0 saturated heterocycles. The molecule has 0 bridgehead atoms. The summed E-state index contributed by atoms with van der Waals surface area (Å²) in [7, 11) is 0. The number of hydrogen-bond acceptors (Lipinski definition) is 4. The Morgan fingerprint density at radius 2 is 1.88 bits per heavy atom. The summed E-state index contributed by atoms with van der Waals surface area (Å²) >= 11 is 1.63. The van der Waals surface area contributed by atoms with Crippen LogP contribution in [0.5, 0.6) is 0 Å². The fourth-order valence-corrected chi connectivity index (χ4v) is 3.35. The molecule has 0 unspecified atom stereocenters. The quantitative estimate of drug-likeness (QED) is 0.642. The molecule has 24 heavy (non-hydrogen) atoms. The zero-order valence-corrected chi connectivity index (χ0v) is 14.5. The van der Waals surface area contributed by atoms with Gasteiger partial charge in [0.15, 0.2) is 5.16 Å². The Morgan fingerprint density at radius 3 is 2.58 bits per heavy atom. The Balaban J connectivity index is 1.90. The van der Waals surface area contributed by atoms with Crippen LogP contribution in [0, 0.1) is 11.3 Å². The van der Waals surface area contributed by atoms with Crippen LogP contribution in [0.4, 0.5) is 0 Å². The van der Waals surface area contributed by atoms with Gasteiger partial charge < -0.3 is 0 Å². The van der Waals surface area contributed by atoms with E-state index < -0.39 is 0 Å². The summed E-state index contributed by atoms with van der Waals surface area (Å²) in [6.07, 6.45) is 0. The lowest BCUT2D eigenvalue weighted by Gasteiger charge is -2.12. The highest BCUT2D eigenvalue weighted by Crippen LogP contribution is 2.28. The lowest BCUT2D eigenvalue weighted by molar-refractivity contribution is 0.732. The minimum atomic E-state index is 0.286. The smallest absolute Gasteiger partial charge is 0.196 e. The SMILES string of the molecule is CC(C)c1nnc(SCc2cccc(C#N)c2)n1-c1ccccc1. The van der Waals surface area contributed by atoms with Crippen LogP contribution in [-0.4, -0.2) is 14.8 Å². The molecular formula is C19H18N4S. The minimum absolute atomic E-state index is 0.286. The highest BCUT2D eigenvalue weighted by molar-refractivity contribution is 7.98. The molecule has 0 N–H and O–H groups in total. The number of nitrogens with zero attached hydrogens (tertiary/aromatic N) is 4. The van der Waals surface area contributed by atoms with E-state index in [1.807, 2.05) is 42.5 Å². The van der Waals surface area contributed by atoms with E-state index in [-0.39, 0.29) is 5.92 Å². The standard InChI is InChI=1S/C19H18N4S/c1-14(2)18-21-22-19(23(18)17-9-4-3-5-10-17)24-13-16-8-6-7-15(11-16)12-20/h3-11,14H,13H2,1-2H3. The Morgan fingerprint density at radius 1 is 1.08 bits per heavy atom. The van der Waals surface area contributed by atoms with Crippen molar-refractivity contribution in [2.24, 2.45) is 0 Å². The number of thioether (sulfide) groups is 1. The first kappa shape index (κ1) is 16.3. The molecule has 3 rings (SSSR count). The molecule has 0 aliphatic rings. The maximum Gasteiger partial charge on any atom is 0.196 e. The Hall–Kier alpha value is -2.58. The monoisotopic (exact) mass is 334 g/mol. The van der Waals surface area contributed by atoms with Crippen LogP contribution >= 0.6 is 11.8 Å². The Kier molecular flexibility index (Phi) is 4.97. The topological polar surface area (TPSA) is 54.5 Å². The Labute approximate surface area is 146 Å². The second kappa shape index (κ2) is 7.33. The molecule has 0 radical (unpaired) electrons. The second-order valence-electron chi connectivity index (χ2n) is 5.77. The van der Waals surface area contributed by atoms with Gasteiger partial charge in [0.2, 0.25) is 0 Å². The molecule has 5 heteroatoms. The van der Waals surface area contributed by atoms with Crippen molar-refractivity contribution in [3.8, 4) is 11.8 Å². The molecule has 1 aromatic heterocycles. The average Bonchev–Trinajstić information content (AvgIpc) is 3.05. The molecule has 0 aliphatic carbocycles. The first-order valence-electron chi connectivity index (χ1n) is 7.81. The van der Waals surface area contributed by atoms with E-state index in [1.165, 1.54) is 0 Å².